The summed E-state index contributed by atoms with van der Waals surface area (Å²) >= 11 is 0.942. The molecule has 6 nitrogen and oxygen atoms in total. The molecule has 0 bridgehead atoms. The summed E-state index contributed by atoms with van der Waals surface area (Å²) in [4.78, 5) is 38.3. The van der Waals surface area contributed by atoms with Gasteiger partial charge in [-0.3, -0.25) is 14.5 Å². The van der Waals surface area contributed by atoms with Crippen LogP contribution in [-0.2, 0) is 17.9 Å². The van der Waals surface area contributed by atoms with E-state index in [4.69, 9.17) is 9.84 Å². The minimum absolute atomic E-state index is 0.226. The van der Waals surface area contributed by atoms with Crippen LogP contribution >= 0.6 is 11.8 Å². The quantitative estimate of drug-likeness (QED) is 0.301. The van der Waals surface area contributed by atoms with E-state index < -0.39 is 5.97 Å². The molecule has 0 atom stereocenters. The third-order valence-electron chi connectivity index (χ3n) is 5.87. The molecule has 36 heavy (non-hydrogen) atoms. The molecule has 1 fully saturated rings. The van der Waals surface area contributed by atoms with E-state index in [1.165, 1.54) is 17.0 Å². The van der Waals surface area contributed by atoms with E-state index in [9.17, 15) is 14.4 Å². The van der Waals surface area contributed by atoms with Gasteiger partial charge in [-0.2, -0.15) is 0 Å². The topological polar surface area (TPSA) is 83.9 Å². The highest BCUT2D eigenvalue weighted by Crippen LogP contribution is 2.34. The van der Waals surface area contributed by atoms with Crippen molar-refractivity contribution in [3.63, 3.8) is 0 Å². The minimum Gasteiger partial charge on any atom is -0.489 e. The Bertz CT molecular complexity index is 1490. The van der Waals surface area contributed by atoms with Crippen LogP contribution in [0, 0.1) is 0 Å². The number of thioether (sulfide) groups is 1. The third-order valence-corrected chi connectivity index (χ3v) is 6.77. The number of hydrogen-bond acceptors (Lipinski definition) is 5. The number of carboxylic acids is 1. The second kappa shape index (κ2) is 10.1. The monoisotopic (exact) mass is 495 g/mol. The SMILES string of the molecule is O=C(O)c1ccc(COc2ccc(/C=C3/SC(=O)N(Cc4cccc5ccccc45)C3=O)cc2)cc1. The summed E-state index contributed by atoms with van der Waals surface area (Å²) in [6.07, 6.45) is 1.71. The normalized spacial score (nSPS) is 14.6. The van der Waals surface area contributed by atoms with E-state index in [2.05, 4.69) is 0 Å². The van der Waals surface area contributed by atoms with Crippen LogP contribution in [0.3, 0.4) is 0 Å². The van der Waals surface area contributed by atoms with Crippen molar-refractivity contribution in [1.82, 2.24) is 4.90 Å². The third kappa shape index (κ3) is 5.01. The highest BCUT2D eigenvalue weighted by atomic mass is 32.2. The molecule has 0 spiro atoms. The van der Waals surface area contributed by atoms with Crippen molar-refractivity contribution in [3.05, 3.63) is 118 Å². The highest BCUT2D eigenvalue weighted by Gasteiger charge is 2.35. The maximum atomic E-state index is 13.0. The summed E-state index contributed by atoms with van der Waals surface area (Å²) in [6, 6.07) is 27.5. The van der Waals surface area contributed by atoms with Crippen molar-refractivity contribution in [2.45, 2.75) is 13.2 Å². The smallest absolute Gasteiger partial charge is 0.335 e. The fourth-order valence-electron chi connectivity index (χ4n) is 3.96. The van der Waals surface area contributed by atoms with Crippen molar-refractivity contribution in [1.29, 1.82) is 0 Å². The first-order chi connectivity index (χ1) is 17.5. The van der Waals surface area contributed by atoms with E-state index in [1.54, 1.807) is 30.3 Å². The van der Waals surface area contributed by atoms with Gasteiger partial charge in [-0.05, 0) is 69.6 Å². The van der Waals surface area contributed by atoms with E-state index in [0.717, 1.165) is 39.2 Å². The average molecular weight is 496 g/mol. The Morgan fingerprint density at radius 3 is 2.36 bits per heavy atom. The van der Waals surface area contributed by atoms with Crippen molar-refractivity contribution in [2.24, 2.45) is 0 Å². The van der Waals surface area contributed by atoms with Crippen LogP contribution < -0.4 is 4.74 Å². The van der Waals surface area contributed by atoms with Gasteiger partial charge >= 0.3 is 5.97 Å². The first kappa shape index (κ1) is 23.4. The van der Waals surface area contributed by atoms with Crippen LogP contribution in [0.4, 0.5) is 4.79 Å². The van der Waals surface area contributed by atoms with Crippen LogP contribution in [0.1, 0.15) is 27.0 Å². The first-order valence-corrected chi connectivity index (χ1v) is 12.1. The lowest BCUT2D eigenvalue weighted by Gasteiger charge is -2.14. The molecule has 0 unspecified atom stereocenters. The second-order valence-corrected chi connectivity index (χ2v) is 9.26. The van der Waals surface area contributed by atoms with Crippen molar-refractivity contribution >= 4 is 45.7 Å². The predicted octanol–water partition coefficient (Wildman–Crippen LogP) is 6.35. The summed E-state index contributed by atoms with van der Waals surface area (Å²) in [5.74, 6) is -0.633. The number of hydrogen-bond donors (Lipinski definition) is 1. The van der Waals surface area contributed by atoms with Gasteiger partial charge in [0.05, 0.1) is 17.0 Å². The number of amides is 2. The summed E-state index contributed by atoms with van der Waals surface area (Å²) < 4.78 is 5.77. The average Bonchev–Trinajstić information content (AvgIpc) is 3.16. The maximum Gasteiger partial charge on any atom is 0.335 e. The summed E-state index contributed by atoms with van der Waals surface area (Å²) in [5, 5.41) is 10.8. The molecular formula is C29H21NO5S. The molecule has 0 saturated carbocycles. The number of carbonyl (C=O) groups excluding carboxylic acids is 2. The van der Waals surface area contributed by atoms with Gasteiger partial charge < -0.3 is 9.84 Å². The fourth-order valence-corrected chi connectivity index (χ4v) is 4.80. The van der Waals surface area contributed by atoms with Gasteiger partial charge in [-0.15, -0.1) is 0 Å². The van der Waals surface area contributed by atoms with E-state index in [-0.39, 0.29) is 23.3 Å². The summed E-state index contributed by atoms with van der Waals surface area (Å²) in [7, 11) is 0. The van der Waals surface area contributed by atoms with Crippen molar-refractivity contribution < 1.29 is 24.2 Å². The van der Waals surface area contributed by atoms with Gasteiger partial charge in [0.15, 0.2) is 0 Å². The maximum absolute atomic E-state index is 13.0. The van der Waals surface area contributed by atoms with Gasteiger partial charge in [0.1, 0.15) is 12.4 Å². The fraction of sp³-hybridized carbons (Fsp3) is 0.0690. The van der Waals surface area contributed by atoms with Gasteiger partial charge in [0.25, 0.3) is 11.1 Å². The minimum atomic E-state index is -0.968. The highest BCUT2D eigenvalue weighted by molar-refractivity contribution is 8.18. The molecule has 1 saturated heterocycles. The number of aromatic carboxylic acids is 1. The first-order valence-electron chi connectivity index (χ1n) is 11.2. The Labute approximate surface area is 211 Å². The molecule has 5 rings (SSSR count). The lowest BCUT2D eigenvalue weighted by atomic mass is 10.0. The van der Waals surface area contributed by atoms with Crippen LogP contribution in [0.2, 0.25) is 0 Å². The predicted molar refractivity (Wildman–Crippen MR) is 140 cm³/mol. The molecule has 4 aromatic carbocycles. The lowest BCUT2D eigenvalue weighted by molar-refractivity contribution is -0.123. The molecule has 1 aliphatic heterocycles. The van der Waals surface area contributed by atoms with Crippen LogP contribution in [0.25, 0.3) is 16.8 Å². The standard InChI is InChI=1S/C29H21NO5S/c31-27-26(36-29(34)30(27)17-23-6-3-5-21-4-1-2-7-25(21)23)16-19-10-14-24(15-11-19)35-18-20-8-12-22(13-9-20)28(32)33/h1-16H,17-18H2,(H,32,33)/b26-16+. The zero-order valence-electron chi connectivity index (χ0n) is 19.1. The van der Waals surface area contributed by atoms with Gasteiger partial charge in [-0.25, -0.2) is 4.79 Å². The van der Waals surface area contributed by atoms with Crippen molar-refractivity contribution in [3.8, 4) is 5.75 Å². The molecule has 2 amide bonds. The number of nitrogens with zero attached hydrogens (tertiary/aromatic N) is 1. The van der Waals surface area contributed by atoms with Gasteiger partial charge in [0.2, 0.25) is 0 Å². The zero-order valence-corrected chi connectivity index (χ0v) is 19.9. The Kier molecular flexibility index (Phi) is 6.56. The summed E-state index contributed by atoms with van der Waals surface area (Å²) in [6.45, 7) is 0.524. The van der Waals surface area contributed by atoms with Crippen LogP contribution in [-0.4, -0.2) is 27.1 Å². The van der Waals surface area contributed by atoms with Gasteiger partial charge in [0, 0.05) is 0 Å². The summed E-state index contributed by atoms with van der Waals surface area (Å²) in [5.41, 5.74) is 2.79. The second-order valence-electron chi connectivity index (χ2n) is 8.27. The Hall–Kier alpha value is -4.36. The van der Waals surface area contributed by atoms with Crippen LogP contribution in [0.5, 0.6) is 5.75 Å². The molecule has 7 heteroatoms. The molecule has 0 aliphatic carbocycles. The number of ether oxygens (including phenoxy) is 1. The van der Waals surface area contributed by atoms with Crippen LogP contribution in [0.15, 0.2) is 95.9 Å². The van der Waals surface area contributed by atoms with Gasteiger partial charge in [-0.1, -0.05) is 66.7 Å². The molecular weight excluding hydrogens is 474 g/mol. The number of carbonyl (C=O) groups is 3. The molecule has 4 aromatic rings. The number of carboxylic acid groups (broad SMARTS) is 1. The Balaban J connectivity index is 1.24. The molecule has 0 radical (unpaired) electrons. The Morgan fingerprint density at radius 2 is 1.61 bits per heavy atom. The molecule has 1 aliphatic rings. The Morgan fingerprint density at radius 1 is 0.889 bits per heavy atom. The lowest BCUT2D eigenvalue weighted by Crippen LogP contribution is -2.27. The molecule has 1 N–H and O–H groups in total. The number of benzene rings is 4. The van der Waals surface area contributed by atoms with E-state index in [1.807, 2.05) is 54.6 Å². The van der Waals surface area contributed by atoms with Crippen molar-refractivity contribution in [2.75, 3.05) is 0 Å². The number of rotatable bonds is 7. The molecule has 178 valence electrons. The van der Waals surface area contributed by atoms with E-state index in [0.29, 0.717) is 17.3 Å². The zero-order chi connectivity index (χ0) is 25.1. The number of fused-ring (bicyclic) bond motifs is 1. The molecule has 0 aromatic heterocycles. The number of imide groups is 1. The van der Waals surface area contributed by atoms with E-state index >= 15 is 0 Å². The molecule has 1 heterocycles. The largest absolute Gasteiger partial charge is 0.489 e.